The summed E-state index contributed by atoms with van der Waals surface area (Å²) in [7, 11) is -3.40. The quantitative estimate of drug-likeness (QED) is 0.657. The first-order valence-corrected chi connectivity index (χ1v) is 10.8. The Balaban J connectivity index is 2.18. The summed E-state index contributed by atoms with van der Waals surface area (Å²) >= 11 is 1.17. The number of amides is 1. The average molecular weight is 386 g/mol. The fourth-order valence-corrected chi connectivity index (χ4v) is 5.48. The summed E-state index contributed by atoms with van der Waals surface area (Å²) < 4.78 is 24.8. The van der Waals surface area contributed by atoms with Crippen molar-refractivity contribution >= 4 is 33.5 Å². The summed E-state index contributed by atoms with van der Waals surface area (Å²) in [5.41, 5.74) is 0. The van der Waals surface area contributed by atoms with E-state index in [9.17, 15) is 18.0 Å². The van der Waals surface area contributed by atoms with E-state index in [1.165, 1.54) is 16.7 Å². The molecular weight excluding hydrogens is 362 g/mol. The highest BCUT2D eigenvalue weighted by molar-refractivity contribution is 8.01. The molecule has 1 aliphatic carbocycles. The molecule has 0 radical (unpaired) electrons. The SMILES string of the molecule is CCCS(=O)(=O)c1ccccc1SC(C)C(=O)N(CC(=O)O)C1CC1. The van der Waals surface area contributed by atoms with Gasteiger partial charge in [0, 0.05) is 10.9 Å². The minimum atomic E-state index is -3.40. The fourth-order valence-electron chi connectivity index (χ4n) is 2.58. The van der Waals surface area contributed by atoms with Gasteiger partial charge in [-0.3, -0.25) is 9.59 Å². The van der Waals surface area contributed by atoms with Gasteiger partial charge in [0.15, 0.2) is 9.84 Å². The number of hydrogen-bond acceptors (Lipinski definition) is 5. The molecule has 8 heteroatoms. The highest BCUT2D eigenvalue weighted by atomic mass is 32.2. The summed E-state index contributed by atoms with van der Waals surface area (Å²) in [6, 6.07) is 6.64. The van der Waals surface area contributed by atoms with Crippen LogP contribution in [-0.2, 0) is 19.4 Å². The van der Waals surface area contributed by atoms with Crippen LogP contribution in [0.1, 0.15) is 33.1 Å². The molecule has 1 aromatic carbocycles. The first-order valence-electron chi connectivity index (χ1n) is 8.27. The van der Waals surface area contributed by atoms with Crippen LogP contribution in [0.25, 0.3) is 0 Å². The Hall–Kier alpha value is -1.54. The molecule has 1 N–H and O–H groups in total. The molecule has 1 unspecified atom stereocenters. The Morgan fingerprint density at radius 3 is 2.52 bits per heavy atom. The minimum absolute atomic E-state index is 0.00859. The van der Waals surface area contributed by atoms with E-state index in [1.54, 1.807) is 38.1 Å². The van der Waals surface area contributed by atoms with Gasteiger partial charge >= 0.3 is 5.97 Å². The van der Waals surface area contributed by atoms with Crippen LogP contribution in [0.3, 0.4) is 0 Å². The van der Waals surface area contributed by atoms with Crippen LogP contribution in [0.2, 0.25) is 0 Å². The molecule has 0 aliphatic heterocycles. The van der Waals surface area contributed by atoms with Crippen molar-refractivity contribution in [2.24, 2.45) is 0 Å². The van der Waals surface area contributed by atoms with Crippen molar-refractivity contribution in [2.75, 3.05) is 12.3 Å². The molecule has 138 valence electrons. The first-order chi connectivity index (χ1) is 11.8. The lowest BCUT2D eigenvalue weighted by Gasteiger charge is -2.24. The Labute approximate surface area is 152 Å². The second kappa shape index (κ2) is 8.23. The minimum Gasteiger partial charge on any atom is -0.480 e. The topological polar surface area (TPSA) is 91.8 Å². The maximum absolute atomic E-state index is 12.6. The molecule has 0 saturated heterocycles. The van der Waals surface area contributed by atoms with E-state index < -0.39 is 21.1 Å². The third-order valence-corrected chi connectivity index (χ3v) is 7.15. The molecule has 2 rings (SSSR count). The standard InChI is InChI=1S/C17H23NO5S2/c1-3-10-25(22,23)15-7-5-4-6-14(15)24-12(2)17(21)18(11-16(19)20)13-8-9-13/h4-7,12-13H,3,8-11H2,1-2H3,(H,19,20). The Kier molecular flexibility index (Phi) is 6.51. The van der Waals surface area contributed by atoms with E-state index in [0.29, 0.717) is 11.3 Å². The lowest BCUT2D eigenvalue weighted by molar-refractivity contribution is -0.144. The zero-order valence-corrected chi connectivity index (χ0v) is 16.0. The predicted molar refractivity (Wildman–Crippen MR) is 96.5 cm³/mol. The van der Waals surface area contributed by atoms with Crippen LogP contribution in [0, 0.1) is 0 Å². The van der Waals surface area contributed by atoms with Gasteiger partial charge in [0.2, 0.25) is 5.91 Å². The van der Waals surface area contributed by atoms with Crippen LogP contribution in [0.4, 0.5) is 0 Å². The number of aliphatic carboxylic acids is 1. The molecule has 6 nitrogen and oxygen atoms in total. The maximum atomic E-state index is 12.6. The number of carboxylic acid groups (broad SMARTS) is 1. The second-order valence-electron chi connectivity index (χ2n) is 6.12. The molecule has 1 amide bonds. The fraction of sp³-hybridized carbons (Fsp3) is 0.529. The summed E-state index contributed by atoms with van der Waals surface area (Å²) in [4.78, 5) is 25.8. The van der Waals surface area contributed by atoms with Crippen molar-refractivity contribution in [1.82, 2.24) is 4.90 Å². The van der Waals surface area contributed by atoms with E-state index in [4.69, 9.17) is 5.11 Å². The number of rotatable bonds is 9. The molecule has 0 spiro atoms. The van der Waals surface area contributed by atoms with Crippen molar-refractivity contribution in [2.45, 2.75) is 54.2 Å². The number of carboxylic acids is 1. The molecular formula is C17H23NO5S2. The zero-order valence-electron chi connectivity index (χ0n) is 14.3. The van der Waals surface area contributed by atoms with Gasteiger partial charge in [-0.1, -0.05) is 19.1 Å². The third kappa shape index (κ3) is 5.22. The van der Waals surface area contributed by atoms with Crippen LogP contribution in [0.5, 0.6) is 0 Å². The van der Waals surface area contributed by atoms with E-state index in [-0.39, 0.29) is 29.1 Å². The maximum Gasteiger partial charge on any atom is 0.323 e. The van der Waals surface area contributed by atoms with Crippen molar-refractivity contribution in [3.8, 4) is 0 Å². The van der Waals surface area contributed by atoms with Crippen LogP contribution in [0.15, 0.2) is 34.1 Å². The first kappa shape index (κ1) is 19.8. The van der Waals surface area contributed by atoms with Crippen molar-refractivity contribution in [1.29, 1.82) is 0 Å². The number of carbonyl (C=O) groups excluding carboxylic acids is 1. The Bertz CT molecular complexity index is 743. The number of nitrogens with zero attached hydrogens (tertiary/aromatic N) is 1. The molecule has 1 fully saturated rings. The molecule has 1 aliphatic rings. The Morgan fingerprint density at radius 2 is 1.96 bits per heavy atom. The monoisotopic (exact) mass is 385 g/mol. The van der Waals surface area contributed by atoms with Crippen LogP contribution in [-0.4, -0.2) is 53.9 Å². The molecule has 0 heterocycles. The van der Waals surface area contributed by atoms with Crippen molar-refractivity contribution in [3.63, 3.8) is 0 Å². The third-order valence-electron chi connectivity index (χ3n) is 3.88. The number of sulfone groups is 1. The van der Waals surface area contributed by atoms with Crippen molar-refractivity contribution < 1.29 is 23.1 Å². The number of benzene rings is 1. The van der Waals surface area contributed by atoms with Gasteiger partial charge in [0.05, 0.1) is 15.9 Å². The van der Waals surface area contributed by atoms with Gasteiger partial charge in [0.25, 0.3) is 0 Å². The summed E-state index contributed by atoms with van der Waals surface area (Å²) in [6.45, 7) is 3.18. The van der Waals surface area contributed by atoms with E-state index in [2.05, 4.69) is 0 Å². The lowest BCUT2D eigenvalue weighted by atomic mass is 10.3. The number of carbonyl (C=O) groups is 2. The van der Waals surface area contributed by atoms with Gasteiger partial charge in [0.1, 0.15) is 6.54 Å². The van der Waals surface area contributed by atoms with E-state index in [0.717, 1.165) is 12.8 Å². The molecule has 1 atom stereocenters. The predicted octanol–water partition coefficient (Wildman–Crippen LogP) is 2.43. The molecule has 25 heavy (non-hydrogen) atoms. The molecule has 1 aromatic rings. The van der Waals surface area contributed by atoms with Gasteiger partial charge in [-0.05, 0) is 38.3 Å². The lowest BCUT2D eigenvalue weighted by Crippen LogP contribution is -2.41. The van der Waals surface area contributed by atoms with Crippen LogP contribution < -0.4 is 0 Å². The number of thioether (sulfide) groups is 1. The van der Waals surface area contributed by atoms with Gasteiger partial charge in [-0.15, -0.1) is 11.8 Å². The van der Waals surface area contributed by atoms with Gasteiger partial charge in [-0.25, -0.2) is 8.42 Å². The number of hydrogen-bond donors (Lipinski definition) is 1. The van der Waals surface area contributed by atoms with E-state index >= 15 is 0 Å². The van der Waals surface area contributed by atoms with E-state index in [1.807, 2.05) is 0 Å². The second-order valence-corrected chi connectivity index (χ2v) is 9.58. The summed E-state index contributed by atoms with van der Waals surface area (Å²) in [6.07, 6.45) is 2.15. The highest BCUT2D eigenvalue weighted by Crippen LogP contribution is 2.34. The zero-order chi connectivity index (χ0) is 18.6. The molecule has 1 saturated carbocycles. The molecule has 0 aromatic heterocycles. The summed E-state index contributed by atoms with van der Waals surface area (Å²) in [5, 5.41) is 8.45. The largest absolute Gasteiger partial charge is 0.480 e. The van der Waals surface area contributed by atoms with Crippen LogP contribution >= 0.6 is 11.8 Å². The van der Waals surface area contributed by atoms with Gasteiger partial charge < -0.3 is 10.0 Å². The molecule has 0 bridgehead atoms. The smallest absolute Gasteiger partial charge is 0.323 e. The average Bonchev–Trinajstić information content (AvgIpc) is 3.37. The normalized spacial score (nSPS) is 15.6. The van der Waals surface area contributed by atoms with Gasteiger partial charge in [-0.2, -0.15) is 0 Å². The highest BCUT2D eigenvalue weighted by Gasteiger charge is 2.36. The Morgan fingerprint density at radius 1 is 1.32 bits per heavy atom. The van der Waals surface area contributed by atoms with Crippen molar-refractivity contribution in [3.05, 3.63) is 24.3 Å². The summed E-state index contributed by atoms with van der Waals surface area (Å²) in [5.74, 6) is -1.25.